The molecule has 0 spiro atoms. The molecule has 4 aromatic rings. The number of nitrogens with zero attached hydrogens (tertiary/aromatic N) is 6. The van der Waals surface area contributed by atoms with Gasteiger partial charge in [-0.3, -0.25) is 15.0 Å². The van der Waals surface area contributed by atoms with Gasteiger partial charge in [0.2, 0.25) is 5.88 Å². The average Bonchev–Trinajstić information content (AvgIpc) is 3.31. The van der Waals surface area contributed by atoms with Crippen LogP contribution in [0.5, 0.6) is 17.4 Å². The molecule has 188 valence electrons. The van der Waals surface area contributed by atoms with Crippen molar-refractivity contribution in [3.05, 3.63) is 53.6 Å². The van der Waals surface area contributed by atoms with E-state index in [2.05, 4.69) is 47.2 Å². The summed E-state index contributed by atoms with van der Waals surface area (Å²) in [5.41, 5.74) is 2.26. The molecule has 36 heavy (non-hydrogen) atoms. The predicted octanol–water partition coefficient (Wildman–Crippen LogP) is 4.26. The molecule has 11 heteroatoms. The highest BCUT2D eigenvalue weighted by Gasteiger charge is 2.18. The first-order valence-electron chi connectivity index (χ1n) is 12.0. The van der Waals surface area contributed by atoms with Gasteiger partial charge in [0.1, 0.15) is 35.6 Å². The first-order valence-corrected chi connectivity index (χ1v) is 12.4. The molecule has 2 N–H and O–H groups in total. The van der Waals surface area contributed by atoms with E-state index < -0.39 is 0 Å². The second-order valence-electron chi connectivity index (χ2n) is 8.61. The van der Waals surface area contributed by atoms with Crippen LogP contribution < -0.4 is 14.8 Å². The molecule has 0 amide bonds. The van der Waals surface area contributed by atoms with Crippen molar-refractivity contribution in [3.63, 3.8) is 0 Å². The van der Waals surface area contributed by atoms with Gasteiger partial charge in [0.25, 0.3) is 0 Å². The van der Waals surface area contributed by atoms with Crippen LogP contribution in [-0.2, 0) is 0 Å². The van der Waals surface area contributed by atoms with Crippen LogP contribution in [0.4, 0.5) is 11.5 Å². The Kier molecular flexibility index (Phi) is 7.45. The average molecular weight is 509 g/mol. The fourth-order valence-electron chi connectivity index (χ4n) is 4.07. The van der Waals surface area contributed by atoms with Gasteiger partial charge in [0.15, 0.2) is 5.65 Å². The predicted molar refractivity (Wildman–Crippen MR) is 140 cm³/mol. The number of aromatic nitrogens is 5. The number of anilines is 2. The Morgan fingerprint density at radius 2 is 1.89 bits per heavy atom. The maximum Gasteiger partial charge on any atom is 0.246 e. The number of benzene rings is 1. The summed E-state index contributed by atoms with van der Waals surface area (Å²) >= 11 is 6.50. The van der Waals surface area contributed by atoms with E-state index >= 15 is 0 Å². The van der Waals surface area contributed by atoms with Crippen molar-refractivity contribution in [1.29, 1.82) is 0 Å². The lowest BCUT2D eigenvalue weighted by atomic mass is 10.2. The van der Waals surface area contributed by atoms with Crippen LogP contribution in [0.25, 0.3) is 11.0 Å². The fourth-order valence-corrected chi connectivity index (χ4v) is 4.29. The number of rotatable bonds is 9. The van der Waals surface area contributed by atoms with Crippen molar-refractivity contribution in [2.24, 2.45) is 0 Å². The molecule has 10 nitrogen and oxygen atoms in total. The summed E-state index contributed by atoms with van der Waals surface area (Å²) in [6.07, 6.45) is 3.14. The molecule has 5 rings (SSSR count). The van der Waals surface area contributed by atoms with Crippen molar-refractivity contribution in [3.8, 4) is 17.4 Å². The number of nitrogens with one attached hydrogen (secondary N) is 2. The minimum Gasteiger partial charge on any atom is -0.475 e. The molecule has 1 aliphatic heterocycles. The molecule has 0 bridgehead atoms. The van der Waals surface area contributed by atoms with Crippen molar-refractivity contribution < 1.29 is 9.47 Å². The summed E-state index contributed by atoms with van der Waals surface area (Å²) in [6, 6.07) is 9.19. The van der Waals surface area contributed by atoms with Gasteiger partial charge in [-0.15, -0.1) is 5.10 Å². The minimum atomic E-state index is 0.456. The van der Waals surface area contributed by atoms with E-state index in [1.54, 1.807) is 18.3 Å². The monoisotopic (exact) mass is 508 g/mol. The number of halogens is 1. The molecule has 1 aromatic carbocycles. The van der Waals surface area contributed by atoms with E-state index in [1.807, 2.05) is 25.1 Å². The number of piperazine rings is 1. The summed E-state index contributed by atoms with van der Waals surface area (Å²) in [5.74, 6) is 2.20. The second-order valence-corrected chi connectivity index (χ2v) is 9.01. The Balaban J connectivity index is 1.25. The number of ether oxygens (including phenoxy) is 2. The molecule has 3 aromatic heterocycles. The Bertz CT molecular complexity index is 1310. The van der Waals surface area contributed by atoms with Crippen molar-refractivity contribution in [2.75, 3.05) is 51.2 Å². The molecule has 1 saturated heterocycles. The van der Waals surface area contributed by atoms with Gasteiger partial charge in [-0.25, -0.2) is 9.97 Å². The molecule has 0 aliphatic carbocycles. The number of H-pyrrole nitrogens is 1. The van der Waals surface area contributed by atoms with Crippen LogP contribution in [-0.4, -0.2) is 80.8 Å². The van der Waals surface area contributed by atoms with Gasteiger partial charge in [-0.1, -0.05) is 18.5 Å². The third kappa shape index (κ3) is 5.67. The van der Waals surface area contributed by atoms with Crippen molar-refractivity contribution >= 4 is 34.1 Å². The van der Waals surface area contributed by atoms with Gasteiger partial charge in [0.05, 0.1) is 11.2 Å². The molecule has 0 atom stereocenters. The third-order valence-corrected chi connectivity index (χ3v) is 6.48. The molecule has 1 aliphatic rings. The maximum atomic E-state index is 6.50. The quantitative estimate of drug-likeness (QED) is 0.343. The number of pyridine rings is 1. The van der Waals surface area contributed by atoms with Crippen LogP contribution in [0, 0.1) is 6.92 Å². The van der Waals surface area contributed by atoms with E-state index in [0.29, 0.717) is 45.9 Å². The van der Waals surface area contributed by atoms with E-state index in [1.165, 1.54) is 6.33 Å². The van der Waals surface area contributed by atoms with Crippen LogP contribution in [0.1, 0.15) is 12.6 Å². The van der Waals surface area contributed by atoms with Gasteiger partial charge in [-0.2, -0.15) is 0 Å². The van der Waals surface area contributed by atoms with Crippen molar-refractivity contribution in [1.82, 2.24) is 34.9 Å². The zero-order valence-electron chi connectivity index (χ0n) is 20.4. The van der Waals surface area contributed by atoms with E-state index in [0.717, 1.165) is 50.6 Å². The molecule has 0 saturated carbocycles. The zero-order chi connectivity index (χ0) is 24.9. The molecule has 4 heterocycles. The van der Waals surface area contributed by atoms with Crippen LogP contribution in [0.2, 0.25) is 5.02 Å². The van der Waals surface area contributed by atoms with E-state index in [4.69, 9.17) is 21.1 Å². The highest BCUT2D eigenvalue weighted by Crippen LogP contribution is 2.34. The van der Waals surface area contributed by atoms with Gasteiger partial charge in [0, 0.05) is 44.1 Å². The number of fused-ring (bicyclic) bond motifs is 1. The number of aromatic amines is 1. The maximum absolute atomic E-state index is 6.50. The van der Waals surface area contributed by atoms with Gasteiger partial charge in [-0.05, 0) is 43.8 Å². The van der Waals surface area contributed by atoms with Crippen LogP contribution in [0.15, 0.2) is 42.9 Å². The van der Waals surface area contributed by atoms with Crippen LogP contribution >= 0.6 is 11.6 Å². The summed E-state index contributed by atoms with van der Waals surface area (Å²) < 4.78 is 11.9. The Morgan fingerprint density at radius 3 is 2.64 bits per heavy atom. The lowest BCUT2D eigenvalue weighted by Crippen LogP contribution is -2.47. The first kappa shape index (κ1) is 24.2. The fraction of sp³-hybridized carbons (Fsp3) is 0.360. The second kappa shape index (κ2) is 11.1. The highest BCUT2D eigenvalue weighted by atomic mass is 35.5. The summed E-state index contributed by atoms with van der Waals surface area (Å²) in [5, 5.41) is 11.7. The Morgan fingerprint density at radius 1 is 1.06 bits per heavy atom. The third-order valence-electron chi connectivity index (χ3n) is 6.19. The number of hydrogen-bond acceptors (Lipinski definition) is 9. The molecule has 0 unspecified atom stereocenters. The Labute approximate surface area is 214 Å². The number of aryl methyl sites for hydroxylation is 1. The van der Waals surface area contributed by atoms with Crippen LogP contribution in [0.3, 0.4) is 0 Å². The Hall–Kier alpha value is -3.47. The largest absolute Gasteiger partial charge is 0.475 e. The van der Waals surface area contributed by atoms with Crippen molar-refractivity contribution in [2.45, 2.75) is 13.8 Å². The molecule has 1 fully saturated rings. The SMILES string of the molecule is CCN1CCN(CCOc2n[nH]c3ncnc(Nc4ccc(Oc5ccc(C)nc5)c(Cl)c4)c23)CC1. The lowest BCUT2D eigenvalue weighted by Gasteiger charge is -2.33. The zero-order valence-corrected chi connectivity index (χ0v) is 21.1. The molecular weight excluding hydrogens is 480 g/mol. The van der Waals surface area contributed by atoms with E-state index in [-0.39, 0.29) is 0 Å². The van der Waals surface area contributed by atoms with Gasteiger partial charge < -0.3 is 19.7 Å². The van der Waals surface area contributed by atoms with Gasteiger partial charge >= 0.3 is 0 Å². The number of likely N-dealkylation sites (N-methyl/N-ethyl adjacent to an activating group) is 1. The first-order chi connectivity index (χ1) is 17.6. The topological polar surface area (TPSA) is 104 Å². The normalized spacial score (nSPS) is 14.8. The summed E-state index contributed by atoms with van der Waals surface area (Å²) in [6.45, 7) is 10.9. The molecule has 0 radical (unpaired) electrons. The highest BCUT2D eigenvalue weighted by molar-refractivity contribution is 6.32. The summed E-state index contributed by atoms with van der Waals surface area (Å²) in [4.78, 5) is 17.8. The number of hydrogen-bond donors (Lipinski definition) is 2. The van der Waals surface area contributed by atoms with E-state index in [9.17, 15) is 0 Å². The molecular formula is C25H29ClN8O2. The standard InChI is InChI=1S/C25H29ClN8O2/c1-3-33-8-10-34(11-9-33)12-13-35-25-22-23(28-16-29-24(22)31-32-25)30-18-5-7-21(20(26)14-18)36-19-6-4-17(2)27-15-19/h4-7,14-16H,3,8-13H2,1-2H3,(H2,28,29,30,31,32). The lowest BCUT2D eigenvalue weighted by molar-refractivity contribution is 0.120. The smallest absolute Gasteiger partial charge is 0.246 e. The minimum absolute atomic E-state index is 0.456. The summed E-state index contributed by atoms with van der Waals surface area (Å²) in [7, 11) is 0.